The van der Waals surface area contributed by atoms with Gasteiger partial charge in [0.25, 0.3) is 10.1 Å². The van der Waals surface area contributed by atoms with Gasteiger partial charge in [0.2, 0.25) is 0 Å². The monoisotopic (exact) mass is 173 g/mol. The molecule has 0 aromatic heterocycles. The molecule has 0 aliphatic carbocycles. The lowest BCUT2D eigenvalue weighted by Crippen LogP contribution is -2.14. The number of hydrogen-bond donors (Lipinski definition) is 1. The molecule has 0 atom stereocenters. The van der Waals surface area contributed by atoms with Gasteiger partial charge in [-0.2, -0.15) is 8.42 Å². The zero-order valence-electron chi connectivity index (χ0n) is 4.98. The van der Waals surface area contributed by atoms with Gasteiger partial charge in [0, 0.05) is 0 Å². The van der Waals surface area contributed by atoms with E-state index in [9.17, 15) is 8.42 Å². The largest absolute Gasteiger partial charge is 0.290 e. The maximum Gasteiger partial charge on any atom is 0.290 e. The fraction of sp³-hybridized carbons (Fsp3) is 0. The molecule has 1 aliphatic heterocycles. The van der Waals surface area contributed by atoms with E-state index in [0.29, 0.717) is 0 Å². The molecule has 0 saturated heterocycles. The standard InChI is InChI=1S/C5H5O3SSi/c6-9(7,8)5-3-1-2-4-10-5/h1-4H,(H,6,7,8). The molecule has 0 amide bonds. The first-order valence-corrected chi connectivity index (χ1v) is 5.06. The van der Waals surface area contributed by atoms with Crippen LogP contribution in [0.25, 0.3) is 0 Å². The number of hydrogen-bond acceptors (Lipinski definition) is 2. The van der Waals surface area contributed by atoms with Gasteiger partial charge in [-0.05, 0) is 6.08 Å². The van der Waals surface area contributed by atoms with Crippen molar-refractivity contribution in [3.05, 3.63) is 23.9 Å². The Morgan fingerprint density at radius 1 is 1.40 bits per heavy atom. The van der Waals surface area contributed by atoms with E-state index in [1.807, 2.05) is 0 Å². The van der Waals surface area contributed by atoms with Crippen LogP contribution in [-0.4, -0.2) is 26.6 Å². The second-order valence-corrected chi connectivity index (χ2v) is 4.61. The molecule has 10 heavy (non-hydrogen) atoms. The van der Waals surface area contributed by atoms with Crippen molar-refractivity contribution in [2.75, 3.05) is 0 Å². The van der Waals surface area contributed by atoms with Crippen molar-refractivity contribution in [3.63, 3.8) is 0 Å². The topological polar surface area (TPSA) is 54.4 Å². The minimum absolute atomic E-state index is 0.0556. The lowest BCUT2D eigenvalue weighted by Gasteiger charge is -1.96. The van der Waals surface area contributed by atoms with Gasteiger partial charge in [0.15, 0.2) is 0 Å². The Hall–Kier alpha value is -0.523. The first kappa shape index (κ1) is 7.58. The summed E-state index contributed by atoms with van der Waals surface area (Å²) in [4.78, 5) is 0. The third-order valence-electron chi connectivity index (χ3n) is 0.958. The molecule has 0 bridgehead atoms. The smallest absolute Gasteiger partial charge is 0.282 e. The molecule has 53 valence electrons. The highest BCUT2D eigenvalue weighted by atomic mass is 32.2. The van der Waals surface area contributed by atoms with Crippen LogP contribution in [0.1, 0.15) is 0 Å². The Balaban J connectivity index is 3.08. The molecule has 1 radical (unpaired) electrons. The van der Waals surface area contributed by atoms with Crippen LogP contribution in [0.2, 0.25) is 0 Å². The van der Waals surface area contributed by atoms with Gasteiger partial charge in [-0.15, -0.1) is 0 Å². The third-order valence-corrected chi connectivity index (χ3v) is 3.59. The average molecular weight is 173 g/mol. The van der Waals surface area contributed by atoms with E-state index < -0.39 is 10.1 Å². The van der Waals surface area contributed by atoms with Crippen LogP contribution in [-0.2, 0) is 10.1 Å². The molecule has 0 spiro atoms. The predicted octanol–water partition coefficient (Wildman–Crippen LogP) is -0.208. The molecule has 1 heterocycles. The van der Waals surface area contributed by atoms with Crippen molar-refractivity contribution >= 4 is 23.8 Å². The number of allylic oxidation sites excluding steroid dienone is 2. The highest BCUT2D eigenvalue weighted by Crippen LogP contribution is 1.93. The average Bonchev–Trinajstić information content (AvgIpc) is 1.88. The van der Waals surface area contributed by atoms with Crippen molar-refractivity contribution in [1.82, 2.24) is 0 Å². The van der Waals surface area contributed by atoms with Crippen LogP contribution in [0.5, 0.6) is 0 Å². The fourth-order valence-corrected chi connectivity index (χ4v) is 2.15. The molecular formula is C5H5O3SSi. The SMILES string of the molecule is O=S(=O)(O)C1=[Si]C=CC=C1. The van der Waals surface area contributed by atoms with E-state index in [-0.39, 0.29) is 13.6 Å². The summed E-state index contributed by atoms with van der Waals surface area (Å²) in [6, 6.07) is 0. The summed E-state index contributed by atoms with van der Waals surface area (Å²) in [5, 5.41) is 0. The molecule has 3 nitrogen and oxygen atoms in total. The molecule has 0 aromatic carbocycles. The van der Waals surface area contributed by atoms with Crippen LogP contribution in [0.3, 0.4) is 0 Å². The maximum absolute atomic E-state index is 10.4. The van der Waals surface area contributed by atoms with E-state index in [1.165, 1.54) is 6.08 Å². The highest BCUT2D eigenvalue weighted by molar-refractivity contribution is 8.03. The van der Waals surface area contributed by atoms with Gasteiger partial charge in [-0.25, -0.2) is 0 Å². The molecule has 5 heteroatoms. The van der Waals surface area contributed by atoms with Crippen LogP contribution >= 0.6 is 0 Å². The molecule has 1 N–H and O–H groups in total. The molecule has 0 unspecified atom stereocenters. The van der Waals surface area contributed by atoms with E-state index in [0.717, 1.165) is 0 Å². The number of rotatable bonds is 1. The second kappa shape index (κ2) is 2.61. The van der Waals surface area contributed by atoms with Crippen molar-refractivity contribution in [2.45, 2.75) is 0 Å². The summed E-state index contributed by atoms with van der Waals surface area (Å²) in [6.07, 6.45) is 4.72. The molecule has 1 rings (SSSR count). The summed E-state index contributed by atoms with van der Waals surface area (Å²) in [6.45, 7) is 0. The summed E-state index contributed by atoms with van der Waals surface area (Å²) in [7, 11) is -3.88. The second-order valence-electron chi connectivity index (χ2n) is 1.70. The normalized spacial score (nSPS) is 17.1. The molecule has 0 saturated carbocycles. The van der Waals surface area contributed by atoms with Crippen molar-refractivity contribution in [1.29, 1.82) is 0 Å². The van der Waals surface area contributed by atoms with E-state index in [2.05, 4.69) is 0 Å². The quantitative estimate of drug-likeness (QED) is 0.441. The molecule has 0 fully saturated rings. The first-order chi connectivity index (χ1) is 4.61. The van der Waals surface area contributed by atoms with Crippen molar-refractivity contribution < 1.29 is 13.0 Å². The van der Waals surface area contributed by atoms with E-state index >= 15 is 0 Å². The van der Waals surface area contributed by atoms with Crippen LogP contribution in [0.4, 0.5) is 0 Å². The summed E-state index contributed by atoms with van der Waals surface area (Å²) < 4.78 is 29.4. The van der Waals surface area contributed by atoms with Crippen molar-refractivity contribution in [3.8, 4) is 0 Å². The minimum atomic E-state index is -3.93. The fourth-order valence-electron chi connectivity index (χ4n) is 0.537. The highest BCUT2D eigenvalue weighted by Gasteiger charge is 2.09. The summed E-state index contributed by atoms with van der Waals surface area (Å²) in [5.41, 5.74) is 1.70. The lowest BCUT2D eigenvalue weighted by molar-refractivity contribution is 0.499. The van der Waals surface area contributed by atoms with E-state index in [1.54, 1.807) is 17.9 Å². The van der Waals surface area contributed by atoms with E-state index in [4.69, 9.17) is 4.55 Å². The zero-order valence-corrected chi connectivity index (χ0v) is 6.80. The van der Waals surface area contributed by atoms with Crippen LogP contribution in [0, 0.1) is 0 Å². The minimum Gasteiger partial charge on any atom is -0.282 e. The van der Waals surface area contributed by atoms with Crippen LogP contribution in [0.15, 0.2) is 23.9 Å². The molecule has 0 aromatic rings. The van der Waals surface area contributed by atoms with Crippen LogP contribution < -0.4 is 0 Å². The predicted molar refractivity (Wildman–Crippen MR) is 40.6 cm³/mol. The van der Waals surface area contributed by atoms with Gasteiger partial charge in [0.05, 0.1) is 13.6 Å². The summed E-state index contributed by atoms with van der Waals surface area (Å²) in [5.74, 6) is 0. The van der Waals surface area contributed by atoms with Gasteiger partial charge in [-0.1, -0.05) is 17.9 Å². The molecular weight excluding hydrogens is 168 g/mol. The maximum atomic E-state index is 10.4. The zero-order chi connectivity index (χ0) is 7.61. The lowest BCUT2D eigenvalue weighted by atomic mass is 10.5. The van der Waals surface area contributed by atoms with Gasteiger partial charge >= 0.3 is 0 Å². The Morgan fingerprint density at radius 3 is 2.40 bits per heavy atom. The Bertz CT molecular complexity index is 310. The molecule has 1 aliphatic rings. The van der Waals surface area contributed by atoms with Gasteiger partial charge in [0.1, 0.15) is 0 Å². The Morgan fingerprint density at radius 2 is 2.10 bits per heavy atom. The Labute approximate surface area is 61.3 Å². The first-order valence-electron chi connectivity index (χ1n) is 2.55. The van der Waals surface area contributed by atoms with Crippen molar-refractivity contribution in [2.24, 2.45) is 0 Å². The van der Waals surface area contributed by atoms with Gasteiger partial charge < -0.3 is 0 Å². The summed E-state index contributed by atoms with van der Waals surface area (Å²) >= 11 is 0. The Kier molecular flexibility index (Phi) is 1.98. The third kappa shape index (κ3) is 1.73. The van der Waals surface area contributed by atoms with Gasteiger partial charge in [-0.3, -0.25) is 4.55 Å².